The van der Waals surface area contributed by atoms with Gasteiger partial charge in [-0.3, -0.25) is 0 Å². The number of para-hydroxylation sites is 1. The Labute approximate surface area is 153 Å². The third-order valence-corrected chi connectivity index (χ3v) is 4.56. The number of hydrogen-bond donors (Lipinski definition) is 0. The Hall–Kier alpha value is -2.50. The van der Waals surface area contributed by atoms with E-state index in [1.54, 1.807) is 4.90 Å². The maximum absolute atomic E-state index is 12.3. The molecule has 6 nitrogen and oxygen atoms in total. The van der Waals surface area contributed by atoms with Gasteiger partial charge in [0.25, 0.3) is 0 Å². The van der Waals surface area contributed by atoms with Gasteiger partial charge in [0, 0.05) is 31.5 Å². The van der Waals surface area contributed by atoms with E-state index in [1.807, 2.05) is 51.1 Å². The van der Waals surface area contributed by atoms with E-state index >= 15 is 0 Å². The van der Waals surface area contributed by atoms with E-state index in [2.05, 4.69) is 0 Å². The Balaban J connectivity index is 1.80. The molecule has 1 fully saturated rings. The zero-order valence-electron chi connectivity index (χ0n) is 15.7. The van der Waals surface area contributed by atoms with Gasteiger partial charge < -0.3 is 19.1 Å². The summed E-state index contributed by atoms with van der Waals surface area (Å²) in [7, 11) is 1.37. The van der Waals surface area contributed by atoms with E-state index in [0.29, 0.717) is 37.3 Å². The molecule has 0 atom stereocenters. The Morgan fingerprint density at radius 1 is 1.15 bits per heavy atom. The molecule has 1 saturated heterocycles. The van der Waals surface area contributed by atoms with E-state index in [0.717, 1.165) is 5.56 Å². The monoisotopic (exact) mass is 359 g/mol. The summed E-state index contributed by atoms with van der Waals surface area (Å²) in [5.74, 6) is 0.288. The summed E-state index contributed by atoms with van der Waals surface area (Å²) in [5, 5.41) is 0. The van der Waals surface area contributed by atoms with Gasteiger partial charge in [0.2, 0.25) is 0 Å². The van der Waals surface area contributed by atoms with Gasteiger partial charge >= 0.3 is 12.1 Å². The summed E-state index contributed by atoms with van der Waals surface area (Å²) in [6.07, 6.45) is 2.70. The Kier molecular flexibility index (Phi) is 4.69. The first-order valence-electron chi connectivity index (χ1n) is 8.80. The number of rotatable bonds is 1. The molecule has 26 heavy (non-hydrogen) atoms. The van der Waals surface area contributed by atoms with Crippen LogP contribution in [-0.2, 0) is 14.3 Å². The fraction of sp³-hybridized carbons (Fsp3) is 0.500. The number of nitrogens with zero attached hydrogens (tertiary/aromatic N) is 1. The van der Waals surface area contributed by atoms with Crippen LogP contribution in [0.5, 0.6) is 5.75 Å². The van der Waals surface area contributed by atoms with Gasteiger partial charge in [0.15, 0.2) is 0 Å². The first-order chi connectivity index (χ1) is 12.2. The predicted molar refractivity (Wildman–Crippen MR) is 96.8 cm³/mol. The molecule has 0 unspecified atom stereocenters. The molecule has 0 radical (unpaired) electrons. The minimum atomic E-state index is -0.615. The molecule has 0 saturated carbocycles. The van der Waals surface area contributed by atoms with Gasteiger partial charge in [0.1, 0.15) is 17.0 Å². The van der Waals surface area contributed by atoms with E-state index in [-0.39, 0.29) is 12.1 Å². The van der Waals surface area contributed by atoms with Crippen molar-refractivity contribution in [1.29, 1.82) is 0 Å². The van der Waals surface area contributed by atoms with Gasteiger partial charge in [-0.05, 0) is 32.9 Å². The van der Waals surface area contributed by atoms with Crippen molar-refractivity contribution in [2.24, 2.45) is 0 Å². The van der Waals surface area contributed by atoms with Crippen LogP contribution in [0.3, 0.4) is 0 Å². The van der Waals surface area contributed by atoms with Crippen LogP contribution >= 0.6 is 0 Å². The SMILES string of the molecule is COC(=O)C1=CC2(CCN(C(=O)OC(C)(C)C)CC2)Oc2ccccc21. The molecule has 0 aliphatic carbocycles. The van der Waals surface area contributed by atoms with Crippen LogP contribution in [0.1, 0.15) is 39.2 Å². The second-order valence-electron chi connectivity index (χ2n) is 7.68. The molecule has 1 amide bonds. The molecule has 1 spiro atoms. The van der Waals surface area contributed by atoms with Crippen LogP contribution in [0.4, 0.5) is 4.79 Å². The van der Waals surface area contributed by atoms with Crippen LogP contribution in [0.25, 0.3) is 5.57 Å². The van der Waals surface area contributed by atoms with Crippen molar-refractivity contribution in [1.82, 2.24) is 4.90 Å². The number of likely N-dealkylation sites (tertiary alicyclic amines) is 1. The molecular formula is C20H25NO5. The summed E-state index contributed by atoms with van der Waals surface area (Å²) in [6, 6.07) is 7.44. The number of ether oxygens (including phenoxy) is 3. The van der Waals surface area contributed by atoms with Gasteiger partial charge in [-0.2, -0.15) is 0 Å². The highest BCUT2D eigenvalue weighted by Gasteiger charge is 2.41. The molecular weight excluding hydrogens is 334 g/mol. The summed E-state index contributed by atoms with van der Waals surface area (Å²) in [5.41, 5.74) is 0.112. The highest BCUT2D eigenvalue weighted by Crippen LogP contribution is 2.41. The van der Waals surface area contributed by atoms with Crippen LogP contribution in [-0.4, -0.2) is 48.4 Å². The van der Waals surface area contributed by atoms with Crippen molar-refractivity contribution in [2.45, 2.75) is 44.8 Å². The number of carbonyl (C=O) groups is 2. The fourth-order valence-electron chi connectivity index (χ4n) is 3.29. The smallest absolute Gasteiger partial charge is 0.410 e. The predicted octanol–water partition coefficient (Wildman–Crippen LogP) is 3.41. The Morgan fingerprint density at radius 2 is 1.81 bits per heavy atom. The molecule has 3 rings (SSSR count). The number of benzene rings is 1. The molecule has 0 aromatic heterocycles. The average Bonchev–Trinajstić information content (AvgIpc) is 2.59. The van der Waals surface area contributed by atoms with Crippen molar-refractivity contribution >= 4 is 17.6 Å². The lowest BCUT2D eigenvalue weighted by atomic mass is 9.85. The molecule has 2 aliphatic rings. The lowest BCUT2D eigenvalue weighted by Gasteiger charge is -2.42. The Morgan fingerprint density at radius 3 is 2.42 bits per heavy atom. The summed E-state index contributed by atoms with van der Waals surface area (Å²) in [4.78, 5) is 26.2. The second kappa shape index (κ2) is 6.67. The number of methoxy groups -OCH3 is 1. The highest BCUT2D eigenvalue weighted by molar-refractivity contribution is 6.17. The standard InChI is InChI=1S/C20H25NO5/c1-19(2,3)26-18(23)21-11-9-20(10-12-21)13-15(17(22)24-4)14-7-5-6-8-16(14)25-20/h5-8,13H,9-12H2,1-4H3. The van der Waals surface area contributed by atoms with Crippen molar-refractivity contribution in [3.05, 3.63) is 35.9 Å². The van der Waals surface area contributed by atoms with Gasteiger partial charge in [-0.25, -0.2) is 9.59 Å². The molecule has 2 heterocycles. The minimum Gasteiger partial charge on any atom is -0.482 e. The third-order valence-electron chi connectivity index (χ3n) is 4.56. The van der Waals surface area contributed by atoms with Crippen molar-refractivity contribution in [2.75, 3.05) is 20.2 Å². The third kappa shape index (κ3) is 3.69. The van der Waals surface area contributed by atoms with Gasteiger partial charge in [-0.1, -0.05) is 18.2 Å². The first-order valence-corrected chi connectivity index (χ1v) is 8.80. The summed E-state index contributed by atoms with van der Waals surface area (Å²) >= 11 is 0. The zero-order valence-corrected chi connectivity index (χ0v) is 15.7. The number of esters is 1. The Bertz CT molecular complexity index is 739. The van der Waals surface area contributed by atoms with E-state index in [1.165, 1.54) is 7.11 Å². The normalized spacial score (nSPS) is 18.5. The second-order valence-corrected chi connectivity index (χ2v) is 7.68. The van der Waals surface area contributed by atoms with Crippen molar-refractivity contribution in [3.63, 3.8) is 0 Å². The maximum Gasteiger partial charge on any atom is 0.410 e. The molecule has 1 aromatic carbocycles. The van der Waals surface area contributed by atoms with Crippen LogP contribution < -0.4 is 4.74 Å². The minimum absolute atomic E-state index is 0.319. The number of hydrogen-bond acceptors (Lipinski definition) is 5. The van der Waals surface area contributed by atoms with Crippen molar-refractivity contribution < 1.29 is 23.8 Å². The molecule has 6 heteroatoms. The maximum atomic E-state index is 12.3. The van der Waals surface area contributed by atoms with Gasteiger partial charge in [-0.15, -0.1) is 0 Å². The van der Waals surface area contributed by atoms with Crippen LogP contribution in [0.15, 0.2) is 30.3 Å². The quantitative estimate of drug-likeness (QED) is 0.719. The number of amides is 1. The number of carbonyl (C=O) groups excluding carboxylic acids is 2. The number of fused-ring (bicyclic) bond motifs is 1. The topological polar surface area (TPSA) is 65.1 Å². The average molecular weight is 359 g/mol. The molecule has 2 aliphatic heterocycles. The number of piperidine rings is 1. The van der Waals surface area contributed by atoms with Crippen molar-refractivity contribution in [3.8, 4) is 5.75 Å². The molecule has 0 N–H and O–H groups in total. The highest BCUT2D eigenvalue weighted by atomic mass is 16.6. The summed E-state index contributed by atoms with van der Waals surface area (Å²) < 4.78 is 16.6. The largest absolute Gasteiger partial charge is 0.482 e. The van der Waals surface area contributed by atoms with Crippen LogP contribution in [0.2, 0.25) is 0 Å². The fourth-order valence-corrected chi connectivity index (χ4v) is 3.29. The van der Waals surface area contributed by atoms with E-state index < -0.39 is 11.2 Å². The first kappa shape index (κ1) is 18.3. The van der Waals surface area contributed by atoms with E-state index in [4.69, 9.17) is 14.2 Å². The van der Waals surface area contributed by atoms with Crippen LogP contribution in [0, 0.1) is 0 Å². The lowest BCUT2D eigenvalue weighted by Crippen LogP contribution is -2.50. The zero-order chi connectivity index (χ0) is 18.9. The summed E-state index contributed by atoms with van der Waals surface area (Å²) in [6.45, 7) is 6.55. The lowest BCUT2D eigenvalue weighted by molar-refractivity contribution is -0.133. The molecule has 140 valence electrons. The van der Waals surface area contributed by atoms with Gasteiger partial charge in [0.05, 0.1) is 12.7 Å². The van der Waals surface area contributed by atoms with E-state index in [9.17, 15) is 9.59 Å². The molecule has 0 bridgehead atoms. The molecule has 1 aromatic rings.